The lowest BCUT2D eigenvalue weighted by Gasteiger charge is -2.22. The zero-order chi connectivity index (χ0) is 12.3. The average molecular weight is 221 g/mol. The fourth-order valence-electron chi connectivity index (χ4n) is 1.62. The van der Waals surface area contributed by atoms with E-state index in [-0.39, 0.29) is 17.6 Å². The molecule has 0 spiro atoms. The highest BCUT2D eigenvalue weighted by atomic mass is 16.5. The first-order valence-electron chi connectivity index (χ1n) is 5.75. The lowest BCUT2D eigenvalue weighted by atomic mass is 9.86. The Bertz CT molecular complexity index is 324. The summed E-state index contributed by atoms with van der Waals surface area (Å²) < 4.78 is 5.24. The van der Waals surface area contributed by atoms with Crippen LogP contribution in [0.4, 0.5) is 0 Å². The second-order valence-corrected chi connectivity index (χ2v) is 5.34. The second kappa shape index (κ2) is 4.98. The highest BCUT2D eigenvalue weighted by Gasteiger charge is 2.16. The van der Waals surface area contributed by atoms with Crippen LogP contribution in [0.25, 0.3) is 0 Å². The molecule has 2 nitrogen and oxygen atoms in total. The maximum absolute atomic E-state index is 6.08. The van der Waals surface area contributed by atoms with E-state index >= 15 is 0 Å². The van der Waals surface area contributed by atoms with Crippen LogP contribution < -0.4 is 5.73 Å². The normalized spacial score (nSPS) is 15.9. The van der Waals surface area contributed by atoms with E-state index in [4.69, 9.17) is 10.5 Å². The number of methoxy groups -OCH3 is 1. The van der Waals surface area contributed by atoms with Crippen LogP contribution in [-0.2, 0) is 10.2 Å². The molecule has 0 aliphatic rings. The molecular formula is C14H23NO. The van der Waals surface area contributed by atoms with E-state index in [1.807, 2.05) is 6.92 Å². The Labute approximate surface area is 98.8 Å². The molecule has 0 aliphatic heterocycles. The fourth-order valence-corrected chi connectivity index (χ4v) is 1.62. The molecule has 2 unspecified atom stereocenters. The van der Waals surface area contributed by atoms with Crippen molar-refractivity contribution >= 4 is 0 Å². The molecule has 0 aromatic heterocycles. The van der Waals surface area contributed by atoms with E-state index in [1.54, 1.807) is 7.11 Å². The number of nitrogens with two attached hydrogens (primary N) is 1. The van der Waals surface area contributed by atoms with Gasteiger partial charge in [0.2, 0.25) is 0 Å². The third-order valence-electron chi connectivity index (χ3n) is 3.04. The molecule has 0 radical (unpaired) electrons. The smallest absolute Gasteiger partial charge is 0.0735 e. The minimum absolute atomic E-state index is 0.0421. The topological polar surface area (TPSA) is 35.2 Å². The predicted octanol–water partition coefficient (Wildman–Crippen LogP) is 3.02. The molecule has 0 saturated heterocycles. The SMILES string of the molecule is COC(C)C(N)c1ccc(C(C)(C)C)cc1. The van der Waals surface area contributed by atoms with Crippen molar-refractivity contribution in [2.75, 3.05) is 7.11 Å². The van der Waals surface area contributed by atoms with Gasteiger partial charge < -0.3 is 10.5 Å². The second-order valence-electron chi connectivity index (χ2n) is 5.34. The van der Waals surface area contributed by atoms with Gasteiger partial charge in [-0.3, -0.25) is 0 Å². The largest absolute Gasteiger partial charge is 0.380 e. The maximum Gasteiger partial charge on any atom is 0.0735 e. The minimum atomic E-state index is -0.0565. The summed E-state index contributed by atoms with van der Waals surface area (Å²) in [4.78, 5) is 0. The van der Waals surface area contributed by atoms with Crippen molar-refractivity contribution in [3.05, 3.63) is 35.4 Å². The van der Waals surface area contributed by atoms with Gasteiger partial charge in [0, 0.05) is 7.11 Å². The summed E-state index contributed by atoms with van der Waals surface area (Å²) in [5.74, 6) is 0. The highest BCUT2D eigenvalue weighted by Crippen LogP contribution is 2.24. The van der Waals surface area contributed by atoms with Crippen molar-refractivity contribution in [3.63, 3.8) is 0 Å². The van der Waals surface area contributed by atoms with Gasteiger partial charge in [-0.1, -0.05) is 45.0 Å². The van der Waals surface area contributed by atoms with Crippen molar-refractivity contribution in [3.8, 4) is 0 Å². The molecule has 0 saturated carbocycles. The number of ether oxygens (including phenoxy) is 1. The Hall–Kier alpha value is -0.860. The minimum Gasteiger partial charge on any atom is -0.380 e. The van der Waals surface area contributed by atoms with Crippen molar-refractivity contribution in [2.45, 2.75) is 45.3 Å². The molecule has 0 heterocycles. The quantitative estimate of drug-likeness (QED) is 0.851. The molecule has 0 amide bonds. The van der Waals surface area contributed by atoms with E-state index in [9.17, 15) is 0 Å². The van der Waals surface area contributed by atoms with Crippen molar-refractivity contribution in [1.82, 2.24) is 0 Å². The van der Waals surface area contributed by atoms with Gasteiger partial charge >= 0.3 is 0 Å². The lowest BCUT2D eigenvalue weighted by molar-refractivity contribution is 0.0956. The number of benzene rings is 1. The number of hydrogen-bond acceptors (Lipinski definition) is 2. The molecule has 2 heteroatoms. The average Bonchev–Trinajstić information content (AvgIpc) is 2.26. The third-order valence-corrected chi connectivity index (χ3v) is 3.04. The number of rotatable bonds is 3. The van der Waals surface area contributed by atoms with Crippen molar-refractivity contribution in [1.29, 1.82) is 0 Å². The summed E-state index contributed by atoms with van der Waals surface area (Å²) in [6, 6.07) is 8.44. The summed E-state index contributed by atoms with van der Waals surface area (Å²) in [6.07, 6.45) is 0.0421. The molecule has 16 heavy (non-hydrogen) atoms. The molecule has 2 N–H and O–H groups in total. The summed E-state index contributed by atoms with van der Waals surface area (Å²) in [5, 5.41) is 0. The van der Waals surface area contributed by atoms with Crippen LogP contribution in [-0.4, -0.2) is 13.2 Å². The Morgan fingerprint density at radius 2 is 1.62 bits per heavy atom. The van der Waals surface area contributed by atoms with Crippen LogP contribution in [0.2, 0.25) is 0 Å². The van der Waals surface area contributed by atoms with Crippen LogP contribution >= 0.6 is 0 Å². The summed E-state index contributed by atoms with van der Waals surface area (Å²) in [6.45, 7) is 8.61. The third kappa shape index (κ3) is 3.06. The van der Waals surface area contributed by atoms with Crippen molar-refractivity contribution < 1.29 is 4.74 Å². The molecular weight excluding hydrogens is 198 g/mol. The van der Waals surface area contributed by atoms with Gasteiger partial charge in [-0.15, -0.1) is 0 Å². The van der Waals surface area contributed by atoms with Gasteiger partial charge in [-0.25, -0.2) is 0 Å². The van der Waals surface area contributed by atoms with Crippen LogP contribution in [0.3, 0.4) is 0 Å². The standard InChI is InChI=1S/C14H23NO/c1-10(16-5)13(15)11-6-8-12(9-7-11)14(2,3)4/h6-10,13H,15H2,1-5H3. The summed E-state index contributed by atoms with van der Waals surface area (Å²) >= 11 is 0. The Morgan fingerprint density at radius 1 is 1.12 bits per heavy atom. The molecule has 0 aliphatic carbocycles. The molecule has 1 aromatic rings. The zero-order valence-corrected chi connectivity index (χ0v) is 10.9. The van der Waals surface area contributed by atoms with Gasteiger partial charge in [0.1, 0.15) is 0 Å². The molecule has 2 atom stereocenters. The lowest BCUT2D eigenvalue weighted by Crippen LogP contribution is -2.25. The van der Waals surface area contributed by atoms with E-state index in [0.717, 1.165) is 5.56 Å². The van der Waals surface area contributed by atoms with E-state index < -0.39 is 0 Å². The summed E-state index contributed by atoms with van der Waals surface area (Å²) in [5.41, 5.74) is 8.73. The van der Waals surface area contributed by atoms with Gasteiger partial charge in [0.05, 0.1) is 12.1 Å². The van der Waals surface area contributed by atoms with Crippen molar-refractivity contribution in [2.24, 2.45) is 5.73 Å². The first-order chi connectivity index (χ1) is 7.36. The van der Waals surface area contributed by atoms with E-state index in [1.165, 1.54) is 5.56 Å². The van der Waals surface area contributed by atoms with Crippen LogP contribution in [0.15, 0.2) is 24.3 Å². The zero-order valence-electron chi connectivity index (χ0n) is 10.9. The first-order valence-corrected chi connectivity index (χ1v) is 5.75. The van der Waals surface area contributed by atoms with Gasteiger partial charge in [-0.2, -0.15) is 0 Å². The first kappa shape index (κ1) is 13.2. The Balaban J connectivity index is 2.87. The van der Waals surface area contributed by atoms with Gasteiger partial charge in [-0.05, 0) is 23.5 Å². The van der Waals surface area contributed by atoms with Crippen LogP contribution in [0.5, 0.6) is 0 Å². The van der Waals surface area contributed by atoms with E-state index in [0.29, 0.717) is 0 Å². The van der Waals surface area contributed by atoms with Crippen LogP contribution in [0.1, 0.15) is 44.9 Å². The monoisotopic (exact) mass is 221 g/mol. The molecule has 90 valence electrons. The maximum atomic E-state index is 6.08. The Kier molecular flexibility index (Phi) is 4.11. The van der Waals surface area contributed by atoms with E-state index in [2.05, 4.69) is 45.0 Å². The predicted molar refractivity (Wildman–Crippen MR) is 68.5 cm³/mol. The highest BCUT2D eigenvalue weighted by molar-refractivity contribution is 5.29. The molecule has 1 rings (SSSR count). The number of hydrogen-bond donors (Lipinski definition) is 1. The van der Waals surface area contributed by atoms with Gasteiger partial charge in [0.15, 0.2) is 0 Å². The fraction of sp³-hybridized carbons (Fsp3) is 0.571. The Morgan fingerprint density at radius 3 is 2.00 bits per heavy atom. The van der Waals surface area contributed by atoms with Gasteiger partial charge in [0.25, 0.3) is 0 Å². The van der Waals surface area contributed by atoms with Crippen LogP contribution in [0, 0.1) is 0 Å². The summed E-state index contributed by atoms with van der Waals surface area (Å²) in [7, 11) is 1.69. The molecule has 0 fully saturated rings. The molecule has 1 aromatic carbocycles. The molecule has 0 bridgehead atoms.